The lowest BCUT2D eigenvalue weighted by Gasteiger charge is -2.05. The van der Waals surface area contributed by atoms with Gasteiger partial charge in [-0.2, -0.15) is 4.74 Å². The van der Waals surface area contributed by atoms with E-state index in [1.54, 1.807) is 18.2 Å². The van der Waals surface area contributed by atoms with Crippen LogP contribution in [0, 0.1) is 5.21 Å². The summed E-state index contributed by atoms with van der Waals surface area (Å²) in [5, 5.41) is 14.9. The quantitative estimate of drug-likeness (QED) is 0.496. The van der Waals surface area contributed by atoms with E-state index in [0.717, 1.165) is 10.8 Å². The van der Waals surface area contributed by atoms with Crippen LogP contribution in [0.15, 0.2) is 60.7 Å². The van der Waals surface area contributed by atoms with Gasteiger partial charge in [-0.15, -0.1) is 0 Å². The molecule has 0 fully saturated rings. The first-order chi connectivity index (χ1) is 10.7. The van der Waals surface area contributed by atoms with E-state index in [9.17, 15) is 10.0 Å². The number of carbonyl (C=O) groups is 1. The maximum absolute atomic E-state index is 12.6. The zero-order chi connectivity index (χ0) is 15.3. The summed E-state index contributed by atoms with van der Waals surface area (Å²) in [6.45, 7) is 0. The molecule has 0 amide bonds. The number of fused-ring (bicyclic) bond motifs is 2. The molecule has 0 saturated carbocycles. The number of hydrogen-bond acceptors (Lipinski definition) is 2. The summed E-state index contributed by atoms with van der Waals surface area (Å²) in [6, 6.07) is 18.0. The number of nitrogens with zero attached hydrogens (tertiary/aromatic N) is 1. The Balaban J connectivity index is 2.02. The Labute approximate surface area is 131 Å². The van der Waals surface area contributed by atoms with Gasteiger partial charge in [0.1, 0.15) is 5.56 Å². The van der Waals surface area contributed by atoms with E-state index in [0.29, 0.717) is 26.6 Å². The monoisotopic (exact) mass is 307 g/mol. The lowest BCUT2D eigenvalue weighted by atomic mass is 9.97. The maximum atomic E-state index is 12.6. The van der Waals surface area contributed by atoms with Crippen LogP contribution in [0.2, 0.25) is 5.02 Å². The molecule has 0 aromatic heterocycles. The third kappa shape index (κ3) is 1.76. The van der Waals surface area contributed by atoms with Gasteiger partial charge in [-0.05, 0) is 29.0 Å². The van der Waals surface area contributed by atoms with Crippen molar-refractivity contribution in [2.45, 2.75) is 0 Å². The fourth-order valence-electron chi connectivity index (χ4n) is 2.87. The molecule has 3 nitrogen and oxygen atoms in total. The van der Waals surface area contributed by atoms with Gasteiger partial charge in [0.05, 0.1) is 5.56 Å². The number of carbonyl (C=O) groups excluding carboxylic acids is 1. The van der Waals surface area contributed by atoms with Crippen molar-refractivity contribution in [2.24, 2.45) is 0 Å². The largest absolute Gasteiger partial charge is 0.618 e. The Morgan fingerprint density at radius 1 is 0.909 bits per heavy atom. The SMILES string of the molecule is O=C1C(c2cccc3ccccc23)=[N+]([O-])c2cc(Cl)ccc21. The number of benzene rings is 3. The van der Waals surface area contributed by atoms with Crippen molar-refractivity contribution < 1.29 is 9.53 Å². The summed E-state index contributed by atoms with van der Waals surface area (Å²) in [5.74, 6) is -0.266. The molecular weight excluding hydrogens is 298 g/mol. The van der Waals surface area contributed by atoms with E-state index in [4.69, 9.17) is 11.6 Å². The minimum absolute atomic E-state index is 0.147. The van der Waals surface area contributed by atoms with E-state index in [2.05, 4.69) is 0 Å². The molecule has 0 bridgehead atoms. The normalized spacial score (nSPS) is 13.8. The first-order valence-electron chi connectivity index (χ1n) is 6.83. The molecule has 22 heavy (non-hydrogen) atoms. The van der Waals surface area contributed by atoms with Gasteiger partial charge in [0.15, 0.2) is 0 Å². The fourth-order valence-corrected chi connectivity index (χ4v) is 3.04. The molecule has 0 radical (unpaired) electrons. The third-order valence-corrected chi connectivity index (χ3v) is 4.12. The summed E-state index contributed by atoms with van der Waals surface area (Å²) in [4.78, 5) is 12.6. The van der Waals surface area contributed by atoms with Gasteiger partial charge >= 0.3 is 0 Å². The van der Waals surface area contributed by atoms with E-state index in [1.807, 2.05) is 36.4 Å². The van der Waals surface area contributed by atoms with Crippen LogP contribution in [-0.4, -0.2) is 16.2 Å². The van der Waals surface area contributed by atoms with Gasteiger partial charge in [-0.3, -0.25) is 4.79 Å². The van der Waals surface area contributed by atoms with Crippen molar-refractivity contribution in [1.82, 2.24) is 0 Å². The molecule has 3 aromatic rings. The van der Waals surface area contributed by atoms with Crippen LogP contribution in [0.4, 0.5) is 5.69 Å². The predicted octanol–water partition coefficient (Wildman–Crippen LogP) is 4.32. The van der Waals surface area contributed by atoms with Gasteiger partial charge < -0.3 is 5.21 Å². The second-order valence-electron chi connectivity index (χ2n) is 5.16. The molecule has 0 atom stereocenters. The van der Waals surface area contributed by atoms with E-state index in [1.165, 1.54) is 6.07 Å². The Bertz CT molecular complexity index is 970. The Morgan fingerprint density at radius 3 is 2.55 bits per heavy atom. The van der Waals surface area contributed by atoms with Gasteiger partial charge in [-0.25, -0.2) is 0 Å². The Kier molecular flexibility index (Phi) is 2.78. The van der Waals surface area contributed by atoms with Crippen molar-refractivity contribution in [2.75, 3.05) is 0 Å². The molecule has 1 aliphatic rings. The highest BCUT2D eigenvalue weighted by Gasteiger charge is 2.37. The van der Waals surface area contributed by atoms with Crippen molar-refractivity contribution in [3.63, 3.8) is 0 Å². The lowest BCUT2D eigenvalue weighted by molar-refractivity contribution is -0.355. The van der Waals surface area contributed by atoms with E-state index in [-0.39, 0.29) is 11.5 Å². The molecule has 0 saturated heterocycles. The lowest BCUT2D eigenvalue weighted by Crippen LogP contribution is -2.16. The van der Waals surface area contributed by atoms with Gasteiger partial charge in [0.25, 0.3) is 11.5 Å². The van der Waals surface area contributed by atoms with Crippen LogP contribution >= 0.6 is 11.6 Å². The number of hydrogen-bond donors (Lipinski definition) is 0. The minimum atomic E-state index is -0.266. The smallest absolute Gasteiger partial charge is 0.273 e. The standard InChI is InChI=1S/C18H10ClNO2/c19-12-8-9-15-16(10-12)20(22)17(18(15)21)14-7-3-5-11-4-1-2-6-13(11)14/h1-10H. The van der Waals surface area contributed by atoms with Crippen molar-refractivity contribution in [3.8, 4) is 0 Å². The van der Waals surface area contributed by atoms with Gasteiger partial charge in [0.2, 0.25) is 5.69 Å². The minimum Gasteiger partial charge on any atom is -0.618 e. The first kappa shape index (κ1) is 13.0. The second kappa shape index (κ2) is 4.68. The summed E-state index contributed by atoms with van der Waals surface area (Å²) < 4.78 is 0.686. The molecule has 0 aliphatic carbocycles. The molecular formula is C18H10ClNO2. The zero-order valence-corrected chi connectivity index (χ0v) is 12.2. The summed E-state index contributed by atoms with van der Waals surface area (Å²) in [5.41, 5.74) is 1.49. The van der Waals surface area contributed by atoms with Crippen LogP contribution in [-0.2, 0) is 0 Å². The molecule has 4 heteroatoms. The maximum Gasteiger partial charge on any atom is 0.273 e. The van der Waals surface area contributed by atoms with E-state index < -0.39 is 0 Å². The van der Waals surface area contributed by atoms with Crippen LogP contribution in [0.3, 0.4) is 0 Å². The highest BCUT2D eigenvalue weighted by Crippen LogP contribution is 2.32. The van der Waals surface area contributed by atoms with Crippen LogP contribution in [0.25, 0.3) is 10.8 Å². The number of rotatable bonds is 1. The average molecular weight is 308 g/mol. The number of Topliss-reactive ketones (excluding diaryl/α,β-unsaturated/α-hetero) is 1. The molecule has 3 aromatic carbocycles. The number of ketones is 1. The topological polar surface area (TPSA) is 43.1 Å². The van der Waals surface area contributed by atoms with Gasteiger partial charge in [-0.1, -0.05) is 48.0 Å². The molecule has 1 heterocycles. The molecule has 4 rings (SSSR count). The Hall–Kier alpha value is -2.65. The zero-order valence-electron chi connectivity index (χ0n) is 11.4. The molecule has 0 unspecified atom stereocenters. The van der Waals surface area contributed by atoms with E-state index >= 15 is 0 Å². The summed E-state index contributed by atoms with van der Waals surface area (Å²) in [7, 11) is 0. The molecule has 1 aliphatic heterocycles. The number of halogens is 1. The summed E-state index contributed by atoms with van der Waals surface area (Å²) in [6.07, 6.45) is 0. The van der Waals surface area contributed by atoms with Crippen LogP contribution in [0.5, 0.6) is 0 Å². The molecule has 0 spiro atoms. The highest BCUT2D eigenvalue weighted by atomic mass is 35.5. The fraction of sp³-hybridized carbons (Fsp3) is 0. The van der Waals surface area contributed by atoms with Gasteiger partial charge in [0, 0.05) is 11.1 Å². The van der Waals surface area contributed by atoms with Crippen molar-refractivity contribution in [1.29, 1.82) is 0 Å². The first-order valence-corrected chi connectivity index (χ1v) is 7.21. The second-order valence-corrected chi connectivity index (χ2v) is 5.60. The molecule has 106 valence electrons. The molecule has 0 N–H and O–H groups in total. The van der Waals surface area contributed by atoms with Crippen LogP contribution in [0.1, 0.15) is 15.9 Å². The predicted molar refractivity (Wildman–Crippen MR) is 87.1 cm³/mol. The van der Waals surface area contributed by atoms with Crippen LogP contribution < -0.4 is 0 Å². The average Bonchev–Trinajstić information content (AvgIpc) is 2.78. The Morgan fingerprint density at radius 2 is 1.68 bits per heavy atom. The highest BCUT2D eigenvalue weighted by molar-refractivity contribution is 6.53. The van der Waals surface area contributed by atoms with Crippen molar-refractivity contribution >= 4 is 39.6 Å². The summed E-state index contributed by atoms with van der Waals surface area (Å²) >= 11 is 5.94. The van der Waals surface area contributed by atoms with Crippen molar-refractivity contribution in [3.05, 3.63) is 82.0 Å². The third-order valence-electron chi connectivity index (χ3n) is 3.89.